The zero-order valence-electron chi connectivity index (χ0n) is 33.2. The van der Waals surface area contributed by atoms with Crippen molar-refractivity contribution in [3.8, 4) is 22.9 Å². The van der Waals surface area contributed by atoms with Gasteiger partial charge in [0, 0.05) is 41.3 Å². The summed E-state index contributed by atoms with van der Waals surface area (Å²) in [4.78, 5) is 65.7. The Kier molecular flexibility index (Phi) is 11.7. The fraction of sp³-hybridized carbons (Fsp3) is 0.571. The highest BCUT2D eigenvalue weighted by Gasteiger charge is 2.61. The van der Waals surface area contributed by atoms with Crippen LogP contribution >= 0.6 is 11.3 Å². The van der Waals surface area contributed by atoms with E-state index in [1.54, 1.807) is 7.11 Å². The lowest BCUT2D eigenvalue weighted by Gasteiger charge is -2.35. The van der Waals surface area contributed by atoms with Crippen molar-refractivity contribution in [1.82, 2.24) is 25.5 Å². The molecule has 5 atom stereocenters. The predicted octanol–water partition coefficient (Wildman–Crippen LogP) is 6.69. The van der Waals surface area contributed by atoms with E-state index >= 15 is 0 Å². The SMILES string of the molecule is C=C[C@@H]1C[C@]1(NC(=O)[C@@H]1C[C@@H](Oc2cc(-c3csc(NC4CCCC4)n3)nc3cc(OC)ccc23)CN1C(=O)[C@@H](NC(=O)OC1CCCCC1)C(C)(C)C)C(=O)O. The van der Waals surface area contributed by atoms with E-state index < -0.39 is 58.9 Å². The smallest absolute Gasteiger partial charge is 0.408 e. The van der Waals surface area contributed by atoms with Gasteiger partial charge in [-0.3, -0.25) is 9.59 Å². The van der Waals surface area contributed by atoms with E-state index in [2.05, 4.69) is 22.5 Å². The zero-order chi connectivity index (χ0) is 40.5. The Bertz CT molecular complexity index is 2000. The van der Waals surface area contributed by atoms with E-state index in [0.29, 0.717) is 39.8 Å². The molecule has 1 aromatic carbocycles. The van der Waals surface area contributed by atoms with Crippen LogP contribution in [0.3, 0.4) is 0 Å². The highest BCUT2D eigenvalue weighted by molar-refractivity contribution is 7.14. The van der Waals surface area contributed by atoms with E-state index in [4.69, 9.17) is 24.2 Å². The standard InChI is InChI=1S/C42H54N6O8S/c1-6-24-21-42(24,38(51)52)47-36(49)33-19-28(22-48(33)37(50)35(41(2,3)4)46-40(53)56-26-14-8-7-9-15-26)55-34-20-31(44-30-18-27(54-5)16-17-29(30)34)32-23-57-39(45-32)43-25-12-10-11-13-25/h6,16-18,20,23-26,28,33,35H,1,7-15,19,21-22H2,2-5H3,(H,43,45)(H,46,53)(H,47,49)(H,51,52)/t24-,28-,33+,35-,42-/m1/s1. The molecule has 2 aromatic heterocycles. The number of anilines is 1. The molecule has 57 heavy (non-hydrogen) atoms. The van der Waals surface area contributed by atoms with Gasteiger partial charge in [-0.15, -0.1) is 17.9 Å². The van der Waals surface area contributed by atoms with Crippen LogP contribution in [0, 0.1) is 11.3 Å². The van der Waals surface area contributed by atoms with Crippen LogP contribution < -0.4 is 25.4 Å². The molecule has 3 saturated carbocycles. The summed E-state index contributed by atoms with van der Waals surface area (Å²) in [7, 11) is 1.59. The summed E-state index contributed by atoms with van der Waals surface area (Å²) < 4.78 is 18.0. The number of hydrogen-bond acceptors (Lipinski definition) is 11. The van der Waals surface area contributed by atoms with Crippen molar-refractivity contribution >= 4 is 51.2 Å². The Morgan fingerprint density at radius 3 is 2.42 bits per heavy atom. The van der Waals surface area contributed by atoms with Crippen molar-refractivity contribution in [3.05, 3.63) is 42.3 Å². The molecule has 1 saturated heterocycles. The lowest BCUT2D eigenvalue weighted by Crippen LogP contribution is -2.59. The molecule has 0 unspecified atom stereocenters. The molecule has 1 aliphatic heterocycles. The third-order valence-electron chi connectivity index (χ3n) is 11.8. The van der Waals surface area contributed by atoms with Crippen molar-refractivity contribution < 1.29 is 38.5 Å². The maximum Gasteiger partial charge on any atom is 0.408 e. The molecular weight excluding hydrogens is 749 g/mol. The van der Waals surface area contributed by atoms with E-state index in [9.17, 15) is 24.3 Å². The van der Waals surface area contributed by atoms with Crippen molar-refractivity contribution in [2.24, 2.45) is 11.3 Å². The van der Waals surface area contributed by atoms with Crippen LogP contribution in [0.25, 0.3) is 22.3 Å². The highest BCUT2D eigenvalue weighted by atomic mass is 32.1. The molecule has 3 heterocycles. The van der Waals surface area contributed by atoms with Crippen molar-refractivity contribution in [2.75, 3.05) is 19.0 Å². The maximum absolute atomic E-state index is 14.7. The lowest BCUT2D eigenvalue weighted by molar-refractivity contribution is -0.146. The number of aromatic nitrogens is 2. The number of aliphatic carboxylic acids is 1. The number of carboxylic acid groups (broad SMARTS) is 1. The number of carbonyl (C=O) groups excluding carboxylic acids is 3. The first-order valence-electron chi connectivity index (χ1n) is 20.1. The summed E-state index contributed by atoms with van der Waals surface area (Å²) in [5, 5.41) is 22.7. The fourth-order valence-corrected chi connectivity index (χ4v) is 9.19. The predicted molar refractivity (Wildman–Crippen MR) is 216 cm³/mol. The first-order chi connectivity index (χ1) is 27.3. The summed E-state index contributed by atoms with van der Waals surface area (Å²) in [5.74, 6) is -1.64. The third-order valence-corrected chi connectivity index (χ3v) is 12.6. The number of alkyl carbamates (subject to hydrolysis) is 1. The second kappa shape index (κ2) is 16.5. The van der Waals surface area contributed by atoms with Gasteiger partial charge in [0.05, 0.1) is 24.9 Å². The third kappa shape index (κ3) is 8.82. The second-order valence-corrected chi connectivity index (χ2v) is 17.8. The molecule has 7 rings (SSSR count). The van der Waals surface area contributed by atoms with E-state index in [-0.39, 0.29) is 25.5 Å². The number of ether oxygens (including phenoxy) is 3. The lowest BCUT2D eigenvalue weighted by atomic mass is 9.85. The second-order valence-electron chi connectivity index (χ2n) is 17.0. The Hall–Kier alpha value is -4.92. The largest absolute Gasteiger partial charge is 0.497 e. The summed E-state index contributed by atoms with van der Waals surface area (Å²) >= 11 is 1.52. The number of nitrogens with zero attached hydrogens (tertiary/aromatic N) is 3. The Balaban J connectivity index is 1.18. The van der Waals surface area contributed by atoms with E-state index in [1.165, 1.54) is 35.2 Å². The molecular formula is C42H54N6O8S. The number of benzene rings is 1. The minimum atomic E-state index is -1.51. The zero-order valence-corrected chi connectivity index (χ0v) is 34.0. The topological polar surface area (TPSA) is 181 Å². The molecule has 15 heteroatoms. The van der Waals surface area contributed by atoms with E-state index in [0.717, 1.165) is 50.1 Å². The number of hydrogen-bond donors (Lipinski definition) is 4. The van der Waals surface area contributed by atoms with Crippen LogP contribution in [0.5, 0.6) is 11.5 Å². The number of likely N-dealkylation sites (tertiary alicyclic amines) is 1. The van der Waals surface area contributed by atoms with Crippen LogP contribution in [-0.2, 0) is 19.1 Å². The summed E-state index contributed by atoms with van der Waals surface area (Å²) in [6.07, 6.45) is 9.40. The number of nitrogens with one attached hydrogen (secondary N) is 3. The molecule has 306 valence electrons. The van der Waals surface area contributed by atoms with Gasteiger partial charge in [-0.25, -0.2) is 19.6 Å². The minimum Gasteiger partial charge on any atom is -0.497 e. The summed E-state index contributed by atoms with van der Waals surface area (Å²) in [6.45, 7) is 9.24. The number of fused-ring (bicyclic) bond motifs is 1. The molecule has 4 N–H and O–H groups in total. The van der Waals surface area contributed by atoms with Gasteiger partial charge in [0.15, 0.2) is 5.13 Å². The first-order valence-corrected chi connectivity index (χ1v) is 21.0. The van der Waals surface area contributed by atoms with Crippen LogP contribution in [0.15, 0.2) is 42.3 Å². The number of carbonyl (C=O) groups is 4. The molecule has 0 bridgehead atoms. The van der Waals surface area contributed by atoms with Gasteiger partial charge in [0.1, 0.15) is 47.0 Å². The van der Waals surface area contributed by atoms with Gasteiger partial charge < -0.3 is 40.2 Å². The molecule has 3 aromatic rings. The number of methoxy groups -OCH3 is 1. The van der Waals surface area contributed by atoms with Crippen molar-refractivity contribution in [3.63, 3.8) is 0 Å². The van der Waals surface area contributed by atoms with Gasteiger partial charge >= 0.3 is 12.1 Å². The fourth-order valence-electron chi connectivity index (χ4n) is 8.41. The van der Waals surface area contributed by atoms with Gasteiger partial charge in [0.2, 0.25) is 11.8 Å². The van der Waals surface area contributed by atoms with E-state index in [1.807, 2.05) is 50.4 Å². The number of pyridine rings is 1. The van der Waals surface area contributed by atoms with Crippen LogP contribution in [0.4, 0.5) is 9.93 Å². The first kappa shape index (κ1) is 40.3. The molecule has 4 aliphatic rings. The van der Waals surface area contributed by atoms with Gasteiger partial charge in [-0.1, -0.05) is 46.1 Å². The van der Waals surface area contributed by atoms with Crippen LogP contribution in [0.2, 0.25) is 0 Å². The molecule has 0 radical (unpaired) electrons. The Labute approximate surface area is 337 Å². The average molecular weight is 803 g/mol. The van der Waals surface area contributed by atoms with Crippen molar-refractivity contribution in [2.45, 2.75) is 127 Å². The molecule has 14 nitrogen and oxygen atoms in total. The molecule has 3 amide bonds. The molecule has 4 fully saturated rings. The summed E-state index contributed by atoms with van der Waals surface area (Å²) in [5.41, 5.74) is -0.408. The average Bonchev–Trinajstić information content (AvgIpc) is 3.60. The minimum absolute atomic E-state index is 0.00469. The quantitative estimate of drug-likeness (QED) is 0.135. The van der Waals surface area contributed by atoms with Gasteiger partial charge in [-0.2, -0.15) is 0 Å². The summed E-state index contributed by atoms with van der Waals surface area (Å²) in [6, 6.07) is 5.55. The van der Waals surface area contributed by atoms with Crippen LogP contribution in [-0.4, -0.2) is 93.4 Å². The van der Waals surface area contributed by atoms with Crippen molar-refractivity contribution in [1.29, 1.82) is 0 Å². The van der Waals surface area contributed by atoms with Crippen LogP contribution in [0.1, 0.15) is 91.4 Å². The number of amides is 3. The Morgan fingerprint density at radius 2 is 1.75 bits per heavy atom. The van der Waals surface area contributed by atoms with Gasteiger partial charge in [0.25, 0.3) is 0 Å². The highest BCUT2D eigenvalue weighted by Crippen LogP contribution is 2.45. The maximum atomic E-state index is 14.7. The molecule has 0 spiro atoms. The monoisotopic (exact) mass is 802 g/mol. The number of carboxylic acids is 1. The molecule has 3 aliphatic carbocycles. The normalized spacial score (nSPS) is 24.4. The number of rotatable bonds is 13. The number of thiazole rings is 1. The van der Waals surface area contributed by atoms with Gasteiger partial charge in [-0.05, 0) is 62.5 Å². The Morgan fingerprint density at radius 1 is 1.02 bits per heavy atom.